The van der Waals surface area contributed by atoms with Gasteiger partial charge in [-0.05, 0) is 162 Å². The molecule has 1 aromatic heterocycles. The predicted molar refractivity (Wildman–Crippen MR) is 320 cm³/mol. The molecule has 3 nitrogen and oxygen atoms in total. The number of para-hydroxylation sites is 2. The number of aromatic nitrogens is 1. The van der Waals surface area contributed by atoms with Crippen molar-refractivity contribution in [3.05, 3.63) is 283 Å². The van der Waals surface area contributed by atoms with Gasteiger partial charge in [-0.3, -0.25) is 4.98 Å². The number of benzene rings is 11. The van der Waals surface area contributed by atoms with E-state index in [1.807, 2.05) is 65.6 Å². The highest BCUT2D eigenvalue weighted by Crippen LogP contribution is 2.56. The first-order valence-corrected chi connectivity index (χ1v) is 26.6. The lowest BCUT2D eigenvalue weighted by Gasteiger charge is -2.28. The van der Waals surface area contributed by atoms with Crippen molar-refractivity contribution in [3.63, 3.8) is 0 Å². The van der Waals surface area contributed by atoms with Crippen molar-refractivity contribution in [2.45, 2.75) is 38.5 Å². The summed E-state index contributed by atoms with van der Waals surface area (Å²) in [4.78, 5) is 10.1. The van der Waals surface area contributed by atoms with Crippen molar-refractivity contribution in [2.75, 3.05) is 9.80 Å². The monoisotopic (exact) mass is 991 g/mol. The zero-order valence-corrected chi connectivity index (χ0v) is 43.5. The Kier molecular flexibility index (Phi) is 10.7. The largest absolute Gasteiger partial charge is 0.310 e. The maximum Gasteiger partial charge on any atom is 0.147 e. The van der Waals surface area contributed by atoms with Crippen LogP contribution in [0.25, 0.3) is 77.3 Å². The van der Waals surface area contributed by atoms with Crippen molar-refractivity contribution in [2.24, 2.45) is 0 Å². The second-order valence-electron chi connectivity index (χ2n) is 21.7. The number of pyridine rings is 1. The summed E-state index contributed by atoms with van der Waals surface area (Å²) in [5.41, 5.74) is 21.3. The Bertz CT molecular complexity index is 4280. The van der Waals surface area contributed by atoms with Gasteiger partial charge in [-0.15, -0.1) is 0 Å². The molecule has 11 aromatic carbocycles. The Morgan fingerprint density at radius 2 is 0.844 bits per heavy atom. The van der Waals surface area contributed by atoms with Crippen LogP contribution in [0.2, 0.25) is 0 Å². The van der Waals surface area contributed by atoms with Gasteiger partial charge in [0.1, 0.15) is 5.82 Å². The maximum atomic E-state index is 16.0. The van der Waals surface area contributed by atoms with Gasteiger partial charge in [-0.1, -0.05) is 198 Å². The summed E-state index contributed by atoms with van der Waals surface area (Å²) >= 11 is 0. The molecule has 0 bridgehead atoms. The van der Waals surface area contributed by atoms with Crippen LogP contribution < -0.4 is 9.80 Å². The van der Waals surface area contributed by atoms with Crippen molar-refractivity contribution in [3.8, 4) is 55.8 Å². The van der Waals surface area contributed by atoms with Gasteiger partial charge in [0.2, 0.25) is 0 Å². The van der Waals surface area contributed by atoms with E-state index in [9.17, 15) is 0 Å². The second kappa shape index (κ2) is 17.9. The third-order valence-electron chi connectivity index (χ3n) is 16.4. The molecule has 2 aliphatic rings. The van der Waals surface area contributed by atoms with Crippen molar-refractivity contribution < 1.29 is 4.39 Å². The molecule has 14 rings (SSSR count). The molecule has 0 saturated heterocycles. The fraction of sp³-hybridized carbons (Fsp3) is 0.0822. The summed E-state index contributed by atoms with van der Waals surface area (Å²) in [5.74, 6) is -0.286. The molecule has 0 aliphatic heterocycles. The molecule has 0 amide bonds. The standard InChI is InChI=1S/C73H54FN3/c1-72(2)65-43-52(59-40-39-58(60-26-16-17-27-61(59)60)49-29-33-55(34-30-49)77(54-24-12-7-13-25-54)69-44-51(32-41-68(69)74)47-18-8-5-9-19-47)31-37-63(65)70-67(72)46-64-62-38-36-57(45-66(62)73(3,4)71(64)75-70)76(53-22-10-6-11-23-53)56-35-28-48-20-14-15-21-50(48)42-56/h5-46H,1-4H3. The van der Waals surface area contributed by atoms with Gasteiger partial charge in [0, 0.05) is 50.4 Å². The lowest BCUT2D eigenvalue weighted by Crippen LogP contribution is -2.19. The van der Waals surface area contributed by atoms with Gasteiger partial charge in [0.25, 0.3) is 0 Å². The molecular formula is C73H54FN3. The molecule has 0 radical (unpaired) electrons. The van der Waals surface area contributed by atoms with Crippen LogP contribution in [0.1, 0.15) is 50.1 Å². The van der Waals surface area contributed by atoms with Crippen molar-refractivity contribution in [1.82, 2.24) is 4.98 Å². The molecule has 368 valence electrons. The lowest BCUT2D eigenvalue weighted by atomic mass is 9.80. The number of anilines is 6. The Balaban J connectivity index is 0.795. The van der Waals surface area contributed by atoms with E-state index < -0.39 is 0 Å². The van der Waals surface area contributed by atoms with Crippen molar-refractivity contribution >= 4 is 55.7 Å². The Hall–Kier alpha value is -9.38. The smallest absolute Gasteiger partial charge is 0.147 e. The second-order valence-corrected chi connectivity index (χ2v) is 21.7. The fourth-order valence-electron chi connectivity index (χ4n) is 12.4. The van der Waals surface area contributed by atoms with Crippen LogP contribution >= 0.6 is 0 Å². The van der Waals surface area contributed by atoms with E-state index in [-0.39, 0.29) is 16.6 Å². The minimum atomic E-state index is -0.330. The summed E-state index contributed by atoms with van der Waals surface area (Å²) in [5, 5.41) is 4.81. The van der Waals surface area contributed by atoms with Gasteiger partial charge in [0.15, 0.2) is 0 Å². The zero-order chi connectivity index (χ0) is 52.0. The molecule has 0 saturated carbocycles. The van der Waals surface area contributed by atoms with E-state index in [4.69, 9.17) is 4.98 Å². The molecule has 0 fully saturated rings. The summed E-state index contributed by atoms with van der Waals surface area (Å²) in [7, 11) is 0. The van der Waals surface area contributed by atoms with E-state index in [1.54, 1.807) is 6.07 Å². The van der Waals surface area contributed by atoms with Crippen LogP contribution in [-0.2, 0) is 10.8 Å². The highest BCUT2D eigenvalue weighted by Gasteiger charge is 2.43. The van der Waals surface area contributed by atoms with E-state index in [2.05, 4.69) is 221 Å². The van der Waals surface area contributed by atoms with Crippen LogP contribution in [0.4, 0.5) is 38.5 Å². The highest BCUT2D eigenvalue weighted by molar-refractivity contribution is 6.05. The number of fused-ring (bicyclic) bond motifs is 8. The van der Waals surface area contributed by atoms with Gasteiger partial charge in [0.05, 0.1) is 17.1 Å². The van der Waals surface area contributed by atoms with E-state index in [1.165, 1.54) is 66.1 Å². The van der Waals surface area contributed by atoms with Crippen LogP contribution in [-0.4, -0.2) is 4.98 Å². The normalized spacial score (nSPS) is 13.5. The minimum absolute atomic E-state index is 0.285. The highest BCUT2D eigenvalue weighted by atomic mass is 19.1. The van der Waals surface area contributed by atoms with Gasteiger partial charge >= 0.3 is 0 Å². The van der Waals surface area contributed by atoms with E-state index >= 15 is 4.39 Å². The molecule has 2 aliphatic carbocycles. The number of nitrogens with zero attached hydrogens (tertiary/aromatic N) is 3. The Morgan fingerprint density at radius 1 is 0.325 bits per heavy atom. The first kappa shape index (κ1) is 46.2. The molecular weight excluding hydrogens is 938 g/mol. The topological polar surface area (TPSA) is 19.4 Å². The molecule has 0 unspecified atom stereocenters. The maximum absolute atomic E-state index is 16.0. The summed E-state index contributed by atoms with van der Waals surface area (Å²) in [6.07, 6.45) is 0. The van der Waals surface area contributed by atoms with Crippen LogP contribution in [0.3, 0.4) is 0 Å². The predicted octanol–water partition coefficient (Wildman–Crippen LogP) is 20.1. The molecule has 0 atom stereocenters. The minimum Gasteiger partial charge on any atom is -0.310 e. The Labute approximate surface area is 449 Å². The number of hydrogen-bond donors (Lipinski definition) is 0. The number of halogens is 1. The van der Waals surface area contributed by atoms with Gasteiger partial charge in [-0.2, -0.15) is 0 Å². The van der Waals surface area contributed by atoms with E-state index in [0.29, 0.717) is 5.69 Å². The lowest BCUT2D eigenvalue weighted by molar-refractivity contribution is 0.629. The quantitative estimate of drug-likeness (QED) is 0.144. The van der Waals surface area contributed by atoms with Crippen LogP contribution in [0, 0.1) is 5.82 Å². The van der Waals surface area contributed by atoms with Crippen LogP contribution in [0.15, 0.2) is 255 Å². The van der Waals surface area contributed by atoms with E-state index in [0.717, 1.165) is 62.1 Å². The molecule has 0 spiro atoms. The molecule has 77 heavy (non-hydrogen) atoms. The molecule has 12 aromatic rings. The number of rotatable bonds is 9. The SMILES string of the molecule is CC1(C)c2cc(-c3ccc(-c4ccc(N(c5ccccc5)c5cc(-c6ccccc6)ccc5F)cc4)c4ccccc34)ccc2-c2nc3c(cc21)-c1ccc(N(c2ccccc2)c2ccc4ccccc4c2)cc1C3(C)C. The van der Waals surface area contributed by atoms with Gasteiger partial charge in [-0.25, -0.2) is 4.39 Å². The third-order valence-corrected chi connectivity index (χ3v) is 16.4. The average molecular weight is 992 g/mol. The molecule has 0 N–H and O–H groups in total. The average Bonchev–Trinajstić information content (AvgIpc) is 3.85. The molecule has 1 heterocycles. The first-order valence-electron chi connectivity index (χ1n) is 26.6. The first-order chi connectivity index (χ1) is 37.6. The third kappa shape index (κ3) is 7.58. The van der Waals surface area contributed by atoms with Crippen molar-refractivity contribution in [1.29, 1.82) is 0 Å². The zero-order valence-electron chi connectivity index (χ0n) is 43.5. The Morgan fingerprint density at radius 3 is 1.56 bits per heavy atom. The summed E-state index contributed by atoms with van der Waals surface area (Å²) in [6.45, 7) is 9.39. The van der Waals surface area contributed by atoms with Gasteiger partial charge < -0.3 is 9.80 Å². The van der Waals surface area contributed by atoms with Crippen LogP contribution in [0.5, 0.6) is 0 Å². The number of hydrogen-bond acceptors (Lipinski definition) is 3. The summed E-state index contributed by atoms with van der Waals surface area (Å²) in [6, 6.07) is 89.8. The summed E-state index contributed by atoms with van der Waals surface area (Å²) < 4.78 is 16.0. The molecule has 4 heteroatoms. The fourth-order valence-corrected chi connectivity index (χ4v) is 12.4.